The molecule has 0 saturated heterocycles. The molecule has 0 unspecified atom stereocenters. The average Bonchev–Trinajstić information content (AvgIpc) is 3.05. The minimum atomic E-state index is -0.583. The van der Waals surface area contributed by atoms with Crippen molar-refractivity contribution in [3.05, 3.63) is 88.9 Å². The summed E-state index contributed by atoms with van der Waals surface area (Å²) in [4.78, 5) is 40.6. The van der Waals surface area contributed by atoms with Crippen LogP contribution in [0.4, 0.5) is 5.13 Å². The smallest absolute Gasteiger partial charge is 0.217 e. The molecule has 0 radical (unpaired) electrons. The van der Waals surface area contributed by atoms with Gasteiger partial charge in [-0.15, -0.1) is 0 Å². The predicted molar refractivity (Wildman–Crippen MR) is 98.3 cm³/mol. The second-order valence-corrected chi connectivity index (χ2v) is 6.51. The van der Waals surface area contributed by atoms with Gasteiger partial charge in [0.1, 0.15) is 11.1 Å². The van der Waals surface area contributed by atoms with Gasteiger partial charge in [-0.25, -0.2) is 4.98 Å². The highest BCUT2D eigenvalue weighted by atomic mass is 32.1. The Balaban J connectivity index is 1.81. The maximum Gasteiger partial charge on any atom is 0.217 e. The Bertz CT molecular complexity index is 1420. The number of fused-ring (bicyclic) bond motifs is 1. The third-order valence-corrected chi connectivity index (χ3v) is 4.83. The SMILES string of the molecule is COc1ccc2nc(NN=c3ccc4c(=O)ccc(=O)c=4c3=O)sc2c1. The van der Waals surface area contributed by atoms with Crippen LogP contribution in [-0.2, 0) is 0 Å². The van der Waals surface area contributed by atoms with E-state index in [-0.39, 0.29) is 21.2 Å². The number of methoxy groups -OCH3 is 1. The van der Waals surface area contributed by atoms with Gasteiger partial charge in [-0.2, -0.15) is 5.10 Å². The fraction of sp³-hybridized carbons (Fsp3) is 0.0556. The summed E-state index contributed by atoms with van der Waals surface area (Å²) in [6.45, 7) is 0. The number of nitrogens with zero attached hydrogens (tertiary/aromatic N) is 2. The van der Waals surface area contributed by atoms with Crippen molar-refractivity contribution in [2.24, 2.45) is 5.10 Å². The topological polar surface area (TPSA) is 97.7 Å². The number of thiazole rings is 1. The minimum absolute atomic E-state index is 0.0389. The van der Waals surface area contributed by atoms with Gasteiger partial charge in [-0.1, -0.05) is 11.3 Å². The van der Waals surface area contributed by atoms with Gasteiger partial charge in [0.25, 0.3) is 0 Å². The molecule has 0 atom stereocenters. The van der Waals surface area contributed by atoms with Gasteiger partial charge in [0.15, 0.2) is 10.9 Å². The zero-order valence-corrected chi connectivity index (χ0v) is 14.3. The fourth-order valence-electron chi connectivity index (χ4n) is 2.62. The van der Waals surface area contributed by atoms with Crippen LogP contribution in [0.1, 0.15) is 0 Å². The summed E-state index contributed by atoms with van der Waals surface area (Å²) >= 11 is 1.35. The Morgan fingerprint density at radius 2 is 1.85 bits per heavy atom. The summed E-state index contributed by atoms with van der Waals surface area (Å²) in [5.74, 6) is 0.720. The van der Waals surface area contributed by atoms with Crippen molar-refractivity contribution in [2.75, 3.05) is 12.5 Å². The van der Waals surface area contributed by atoms with Crippen LogP contribution in [-0.4, -0.2) is 12.1 Å². The van der Waals surface area contributed by atoms with Crippen molar-refractivity contribution < 1.29 is 4.74 Å². The Kier molecular flexibility index (Phi) is 3.81. The predicted octanol–water partition coefficient (Wildman–Crippen LogP) is 0.914. The monoisotopic (exact) mass is 365 g/mol. The van der Waals surface area contributed by atoms with Gasteiger partial charge >= 0.3 is 0 Å². The molecule has 0 saturated carbocycles. The Labute approximate surface area is 149 Å². The molecule has 1 heterocycles. The minimum Gasteiger partial charge on any atom is -0.497 e. The van der Waals surface area contributed by atoms with Crippen LogP contribution in [0, 0.1) is 10.4 Å². The molecule has 2 aliphatic carbocycles. The quantitative estimate of drug-likeness (QED) is 0.542. The number of hydrogen-bond donors (Lipinski definition) is 1. The lowest BCUT2D eigenvalue weighted by molar-refractivity contribution is 0.415. The van der Waals surface area contributed by atoms with Crippen LogP contribution in [0.3, 0.4) is 0 Å². The van der Waals surface area contributed by atoms with Crippen molar-refractivity contribution in [1.82, 2.24) is 4.98 Å². The largest absolute Gasteiger partial charge is 0.497 e. The summed E-state index contributed by atoms with van der Waals surface area (Å²) in [7, 11) is 1.59. The third-order valence-electron chi connectivity index (χ3n) is 3.90. The molecule has 2 aliphatic rings. The first-order chi connectivity index (χ1) is 12.6. The Hall–Kier alpha value is -3.39. The van der Waals surface area contributed by atoms with Gasteiger partial charge in [0.2, 0.25) is 10.6 Å². The van der Waals surface area contributed by atoms with E-state index in [0.29, 0.717) is 5.13 Å². The maximum atomic E-state index is 12.5. The summed E-state index contributed by atoms with van der Waals surface area (Å²) in [5, 5.41) is 4.54. The summed E-state index contributed by atoms with van der Waals surface area (Å²) < 4.78 is 6.08. The highest BCUT2D eigenvalue weighted by molar-refractivity contribution is 7.22. The zero-order valence-electron chi connectivity index (χ0n) is 13.5. The lowest BCUT2D eigenvalue weighted by Crippen LogP contribution is -2.32. The van der Waals surface area contributed by atoms with E-state index in [1.807, 2.05) is 12.1 Å². The van der Waals surface area contributed by atoms with Crippen molar-refractivity contribution >= 4 is 26.7 Å². The molecule has 1 N–H and O–H groups in total. The normalized spacial score (nSPS) is 12.0. The van der Waals surface area contributed by atoms with Crippen molar-refractivity contribution in [3.8, 4) is 5.75 Å². The van der Waals surface area contributed by atoms with Crippen LogP contribution in [0.5, 0.6) is 5.75 Å². The molecule has 0 bridgehead atoms. The van der Waals surface area contributed by atoms with E-state index in [0.717, 1.165) is 28.1 Å². The maximum absolute atomic E-state index is 12.5. The molecule has 2 aromatic rings. The molecule has 7 nitrogen and oxygen atoms in total. The van der Waals surface area contributed by atoms with Crippen LogP contribution >= 0.6 is 11.3 Å². The van der Waals surface area contributed by atoms with Crippen LogP contribution in [0.15, 0.2) is 61.9 Å². The number of hydrogen-bond acceptors (Lipinski definition) is 8. The van der Waals surface area contributed by atoms with Crippen molar-refractivity contribution in [3.63, 3.8) is 0 Å². The first-order valence-electron chi connectivity index (χ1n) is 7.59. The number of aromatic nitrogens is 1. The first kappa shape index (κ1) is 16.1. The second-order valence-electron chi connectivity index (χ2n) is 5.47. The molecule has 0 fully saturated rings. The second kappa shape index (κ2) is 6.16. The summed E-state index contributed by atoms with van der Waals surface area (Å²) in [6, 6.07) is 10.6. The molecule has 0 spiro atoms. The molecule has 1 aromatic carbocycles. The van der Waals surface area contributed by atoms with Gasteiger partial charge in [-0.3, -0.25) is 19.8 Å². The molecule has 26 heavy (non-hydrogen) atoms. The number of anilines is 1. The lowest BCUT2D eigenvalue weighted by Gasteiger charge is -1.96. The van der Waals surface area contributed by atoms with Gasteiger partial charge in [0, 0.05) is 5.22 Å². The third kappa shape index (κ3) is 2.66. The molecule has 4 rings (SSSR count). The standard InChI is InChI=1S/C18H11N3O4S/c1-25-9-2-4-11-15(8-9)26-18(19-11)21-20-12-5-3-10-13(22)6-7-14(23)16(10)17(12)24/h2-8H,1H3,(H,19,21). The molecule has 0 aliphatic heterocycles. The van der Waals surface area contributed by atoms with Crippen LogP contribution < -0.4 is 31.8 Å². The van der Waals surface area contributed by atoms with Crippen molar-refractivity contribution in [2.45, 2.75) is 0 Å². The number of benzene rings is 1. The van der Waals surface area contributed by atoms with E-state index >= 15 is 0 Å². The summed E-state index contributed by atoms with van der Waals surface area (Å²) in [5.41, 5.74) is 2.07. The van der Waals surface area contributed by atoms with Crippen molar-refractivity contribution in [1.29, 1.82) is 0 Å². The molecular weight excluding hydrogens is 354 g/mol. The van der Waals surface area contributed by atoms with E-state index in [2.05, 4.69) is 15.5 Å². The van der Waals surface area contributed by atoms with E-state index in [9.17, 15) is 14.4 Å². The molecule has 128 valence electrons. The molecule has 1 aromatic heterocycles. The molecule has 0 amide bonds. The Morgan fingerprint density at radius 3 is 2.65 bits per heavy atom. The van der Waals surface area contributed by atoms with Crippen LogP contribution in [0.2, 0.25) is 0 Å². The van der Waals surface area contributed by atoms with E-state index in [1.165, 1.54) is 23.5 Å². The van der Waals surface area contributed by atoms with E-state index in [4.69, 9.17) is 4.74 Å². The number of rotatable bonds is 3. The molecule has 8 heteroatoms. The van der Waals surface area contributed by atoms with E-state index in [1.54, 1.807) is 13.2 Å². The molecular formula is C18H11N3O4S. The lowest BCUT2D eigenvalue weighted by atomic mass is 10.1. The highest BCUT2D eigenvalue weighted by Gasteiger charge is 2.06. The van der Waals surface area contributed by atoms with Gasteiger partial charge < -0.3 is 4.74 Å². The highest BCUT2D eigenvalue weighted by Crippen LogP contribution is 2.28. The average molecular weight is 365 g/mol. The Morgan fingerprint density at radius 1 is 1.04 bits per heavy atom. The fourth-order valence-corrected chi connectivity index (χ4v) is 3.46. The van der Waals surface area contributed by atoms with Crippen LogP contribution in [0.25, 0.3) is 10.2 Å². The van der Waals surface area contributed by atoms with Gasteiger partial charge in [-0.05, 0) is 42.5 Å². The zero-order chi connectivity index (χ0) is 18.3. The number of ether oxygens (including phenoxy) is 1. The summed E-state index contributed by atoms with van der Waals surface area (Å²) in [6.07, 6.45) is 0. The van der Waals surface area contributed by atoms with Gasteiger partial charge in [0.05, 0.1) is 22.5 Å². The first-order valence-corrected chi connectivity index (χ1v) is 8.40. The van der Waals surface area contributed by atoms with E-state index < -0.39 is 10.9 Å². The number of nitrogens with one attached hydrogen (secondary N) is 1.